The molecule has 0 aliphatic carbocycles. The van der Waals surface area contributed by atoms with E-state index in [0.717, 1.165) is 5.56 Å². The highest BCUT2D eigenvalue weighted by molar-refractivity contribution is 7.88. The fraction of sp³-hybridized carbons (Fsp3) is 0.462. The topological polar surface area (TPSA) is 99.2 Å². The molecule has 0 bridgehead atoms. The summed E-state index contributed by atoms with van der Waals surface area (Å²) in [6.45, 7) is 3.13. The van der Waals surface area contributed by atoms with Gasteiger partial charge in [0.1, 0.15) is 0 Å². The smallest absolute Gasteiger partial charge is 0.211 e. The molecular weight excluding hydrogens is 292 g/mol. The lowest BCUT2D eigenvalue weighted by Crippen LogP contribution is -2.47. The number of hydrogen-bond acceptors (Lipinski definition) is 5. The number of rotatable bonds is 4. The molecule has 1 fully saturated rings. The Morgan fingerprint density at radius 3 is 2.57 bits per heavy atom. The number of oxime groups is 1. The van der Waals surface area contributed by atoms with E-state index < -0.39 is 10.0 Å². The van der Waals surface area contributed by atoms with E-state index in [1.165, 1.54) is 10.6 Å². The van der Waals surface area contributed by atoms with Crippen molar-refractivity contribution >= 4 is 15.9 Å². The van der Waals surface area contributed by atoms with Crippen LogP contribution in [0, 0.1) is 0 Å². The average Bonchev–Trinajstić information content (AvgIpc) is 2.46. The molecule has 0 aromatic heterocycles. The second-order valence-electron chi connectivity index (χ2n) is 5.12. The van der Waals surface area contributed by atoms with Crippen molar-refractivity contribution in [3.63, 3.8) is 0 Å². The van der Waals surface area contributed by atoms with Gasteiger partial charge >= 0.3 is 0 Å². The second kappa shape index (κ2) is 6.42. The van der Waals surface area contributed by atoms with Gasteiger partial charge in [-0.2, -0.15) is 4.31 Å². The Balaban J connectivity index is 1.98. The van der Waals surface area contributed by atoms with E-state index in [-0.39, 0.29) is 5.84 Å². The minimum atomic E-state index is -3.10. The fourth-order valence-electron chi connectivity index (χ4n) is 2.36. The molecule has 0 saturated carbocycles. The minimum Gasteiger partial charge on any atom is -0.409 e. The molecular formula is C13H20N4O3S. The molecule has 0 spiro atoms. The van der Waals surface area contributed by atoms with E-state index in [1.54, 1.807) is 6.07 Å². The molecule has 21 heavy (non-hydrogen) atoms. The van der Waals surface area contributed by atoms with Gasteiger partial charge in [0.15, 0.2) is 5.84 Å². The highest BCUT2D eigenvalue weighted by Gasteiger charge is 2.23. The summed E-state index contributed by atoms with van der Waals surface area (Å²) >= 11 is 0. The first-order chi connectivity index (χ1) is 9.90. The standard InChI is InChI=1S/C13H20N4O3S/c1-21(19,20)17-7-5-16(6-8-17)10-11-3-2-4-12(9-11)13(14)15-18/h2-4,9,18H,5-8,10H2,1H3,(H2,14,15). The molecule has 1 aliphatic heterocycles. The van der Waals surface area contributed by atoms with Crippen molar-refractivity contribution in [2.45, 2.75) is 6.54 Å². The van der Waals surface area contributed by atoms with Gasteiger partial charge in [-0.15, -0.1) is 0 Å². The summed E-state index contributed by atoms with van der Waals surface area (Å²) in [5.41, 5.74) is 7.29. The lowest BCUT2D eigenvalue weighted by molar-refractivity contribution is 0.182. The third-order valence-corrected chi connectivity index (χ3v) is 4.84. The van der Waals surface area contributed by atoms with Crippen LogP contribution in [0.5, 0.6) is 0 Å². The Morgan fingerprint density at radius 2 is 2.00 bits per heavy atom. The van der Waals surface area contributed by atoms with Crippen LogP contribution in [0.15, 0.2) is 29.4 Å². The van der Waals surface area contributed by atoms with Crippen LogP contribution in [-0.4, -0.2) is 61.1 Å². The first-order valence-corrected chi connectivity index (χ1v) is 8.49. The van der Waals surface area contributed by atoms with Crippen molar-refractivity contribution < 1.29 is 13.6 Å². The van der Waals surface area contributed by atoms with Gasteiger partial charge in [0.25, 0.3) is 0 Å². The molecule has 0 atom stereocenters. The van der Waals surface area contributed by atoms with Crippen molar-refractivity contribution in [3.8, 4) is 0 Å². The van der Waals surface area contributed by atoms with Crippen molar-refractivity contribution in [1.29, 1.82) is 0 Å². The number of nitrogens with zero attached hydrogens (tertiary/aromatic N) is 3. The maximum absolute atomic E-state index is 11.5. The van der Waals surface area contributed by atoms with Crippen LogP contribution in [-0.2, 0) is 16.6 Å². The van der Waals surface area contributed by atoms with Crippen molar-refractivity contribution in [2.75, 3.05) is 32.4 Å². The van der Waals surface area contributed by atoms with Gasteiger partial charge in [-0.25, -0.2) is 8.42 Å². The Morgan fingerprint density at radius 1 is 1.33 bits per heavy atom. The Bertz CT molecular complexity index is 622. The molecule has 0 radical (unpaired) electrons. The van der Waals surface area contributed by atoms with Gasteiger partial charge in [-0.05, 0) is 11.6 Å². The maximum atomic E-state index is 11.5. The average molecular weight is 312 g/mol. The first-order valence-electron chi connectivity index (χ1n) is 6.64. The number of piperazine rings is 1. The largest absolute Gasteiger partial charge is 0.409 e. The molecule has 1 aliphatic rings. The first kappa shape index (κ1) is 15.7. The number of amidine groups is 1. The van der Waals surface area contributed by atoms with Gasteiger partial charge in [-0.1, -0.05) is 23.4 Å². The van der Waals surface area contributed by atoms with Gasteiger partial charge in [0, 0.05) is 38.3 Å². The lowest BCUT2D eigenvalue weighted by atomic mass is 10.1. The summed E-state index contributed by atoms with van der Waals surface area (Å²) in [6.07, 6.45) is 1.24. The third-order valence-electron chi connectivity index (χ3n) is 3.54. The highest BCUT2D eigenvalue weighted by atomic mass is 32.2. The van der Waals surface area contributed by atoms with Crippen LogP contribution in [0.25, 0.3) is 0 Å². The molecule has 1 aromatic rings. The van der Waals surface area contributed by atoms with Crippen LogP contribution in [0.1, 0.15) is 11.1 Å². The fourth-order valence-corrected chi connectivity index (χ4v) is 3.19. The summed E-state index contributed by atoms with van der Waals surface area (Å²) in [5, 5.41) is 11.7. The van der Waals surface area contributed by atoms with E-state index in [0.29, 0.717) is 38.3 Å². The molecule has 2 rings (SSSR count). The molecule has 7 nitrogen and oxygen atoms in total. The summed E-state index contributed by atoms with van der Waals surface area (Å²) in [7, 11) is -3.10. The van der Waals surface area contributed by atoms with Crippen LogP contribution in [0.3, 0.4) is 0 Å². The van der Waals surface area contributed by atoms with Crippen molar-refractivity contribution in [3.05, 3.63) is 35.4 Å². The van der Waals surface area contributed by atoms with E-state index in [9.17, 15) is 8.42 Å². The van der Waals surface area contributed by atoms with Gasteiger partial charge in [-0.3, -0.25) is 4.90 Å². The normalized spacial score (nSPS) is 18.8. The van der Waals surface area contributed by atoms with Gasteiger partial charge < -0.3 is 10.9 Å². The Hall–Kier alpha value is -1.64. The molecule has 0 amide bonds. The summed E-state index contributed by atoms with van der Waals surface area (Å²) in [5.74, 6) is 0.0822. The van der Waals surface area contributed by atoms with Crippen molar-refractivity contribution in [2.24, 2.45) is 10.9 Å². The predicted molar refractivity (Wildman–Crippen MR) is 80.6 cm³/mol. The molecule has 116 valence electrons. The van der Waals surface area contributed by atoms with Crippen LogP contribution in [0.2, 0.25) is 0 Å². The minimum absolute atomic E-state index is 0.0822. The number of nitrogens with two attached hydrogens (primary N) is 1. The lowest BCUT2D eigenvalue weighted by Gasteiger charge is -2.33. The molecule has 8 heteroatoms. The number of sulfonamides is 1. The zero-order valence-corrected chi connectivity index (χ0v) is 12.8. The van der Waals surface area contributed by atoms with Gasteiger partial charge in [0.2, 0.25) is 10.0 Å². The van der Waals surface area contributed by atoms with Crippen LogP contribution in [0.4, 0.5) is 0 Å². The molecule has 3 N–H and O–H groups in total. The Labute approximate surface area is 124 Å². The second-order valence-corrected chi connectivity index (χ2v) is 7.11. The number of hydrogen-bond donors (Lipinski definition) is 2. The summed E-state index contributed by atoms with van der Waals surface area (Å²) < 4.78 is 24.4. The van der Waals surface area contributed by atoms with Crippen molar-refractivity contribution in [1.82, 2.24) is 9.21 Å². The van der Waals surface area contributed by atoms with E-state index in [4.69, 9.17) is 10.9 Å². The zero-order chi connectivity index (χ0) is 15.5. The molecule has 0 unspecified atom stereocenters. The number of benzene rings is 1. The van der Waals surface area contributed by atoms with Crippen LogP contribution >= 0.6 is 0 Å². The monoisotopic (exact) mass is 312 g/mol. The summed E-state index contributed by atoms with van der Waals surface area (Å²) in [4.78, 5) is 2.19. The summed E-state index contributed by atoms with van der Waals surface area (Å²) in [6, 6.07) is 7.48. The highest BCUT2D eigenvalue weighted by Crippen LogP contribution is 2.12. The van der Waals surface area contributed by atoms with E-state index >= 15 is 0 Å². The van der Waals surface area contributed by atoms with Gasteiger partial charge in [0.05, 0.1) is 6.26 Å². The molecule has 1 heterocycles. The quantitative estimate of drug-likeness (QED) is 0.349. The Kier molecular flexibility index (Phi) is 4.81. The van der Waals surface area contributed by atoms with E-state index in [1.807, 2.05) is 18.2 Å². The van der Waals surface area contributed by atoms with E-state index in [2.05, 4.69) is 10.1 Å². The SMILES string of the molecule is CS(=O)(=O)N1CCN(Cc2cccc(C(N)=NO)c2)CC1. The van der Waals surface area contributed by atoms with Crippen LogP contribution < -0.4 is 5.73 Å². The maximum Gasteiger partial charge on any atom is 0.211 e. The third kappa shape index (κ3) is 4.16. The molecule has 1 saturated heterocycles. The zero-order valence-electron chi connectivity index (χ0n) is 11.9. The molecule has 1 aromatic carbocycles. The predicted octanol–water partition coefficient (Wildman–Crippen LogP) is -0.142.